The Hall–Kier alpha value is -0.630. The van der Waals surface area contributed by atoms with Gasteiger partial charge in [-0.15, -0.1) is 0 Å². The lowest BCUT2D eigenvalue weighted by Gasteiger charge is -2.14. The van der Waals surface area contributed by atoms with E-state index in [2.05, 4.69) is 15.9 Å². The molecule has 0 aromatic heterocycles. The predicted molar refractivity (Wildman–Crippen MR) is 74.4 cm³/mol. The summed E-state index contributed by atoms with van der Waals surface area (Å²) in [5.74, 6) is 0.582. The van der Waals surface area contributed by atoms with Crippen LogP contribution in [0.5, 0.6) is 0 Å². The Morgan fingerprint density at radius 2 is 1.82 bits per heavy atom. The third kappa shape index (κ3) is 3.19. The number of hydrogen-bond donors (Lipinski definition) is 0. The molecule has 1 fully saturated rings. The van der Waals surface area contributed by atoms with Gasteiger partial charge in [-0.05, 0) is 31.9 Å². The van der Waals surface area contributed by atoms with Gasteiger partial charge in [0, 0.05) is 16.0 Å². The number of Topliss-reactive ketones (excluding diaryl/α,β-unsaturated/α-hetero) is 1. The number of hydrogen-bond acceptors (Lipinski definition) is 1. The Kier molecular flexibility index (Phi) is 4.38. The monoisotopic (exact) mass is 294 g/mol. The minimum Gasteiger partial charge on any atom is -0.294 e. The zero-order valence-electron chi connectivity index (χ0n) is 10.3. The van der Waals surface area contributed by atoms with Crippen molar-refractivity contribution >= 4 is 21.7 Å². The minimum atomic E-state index is 0.246. The molecule has 92 valence electrons. The molecule has 0 atom stereocenters. The average molecular weight is 295 g/mol. The molecule has 0 spiro atoms. The number of benzene rings is 1. The van der Waals surface area contributed by atoms with E-state index in [4.69, 9.17) is 0 Å². The zero-order chi connectivity index (χ0) is 12.3. The van der Waals surface area contributed by atoms with E-state index in [1.54, 1.807) is 0 Å². The molecule has 1 aromatic carbocycles. The Bertz CT molecular complexity index is 403. The van der Waals surface area contributed by atoms with Gasteiger partial charge in [0.15, 0.2) is 5.78 Å². The van der Waals surface area contributed by atoms with E-state index in [0.29, 0.717) is 5.78 Å². The van der Waals surface area contributed by atoms with E-state index >= 15 is 0 Å². The molecule has 0 aliphatic heterocycles. The fourth-order valence-corrected chi connectivity index (χ4v) is 3.03. The van der Waals surface area contributed by atoms with Crippen molar-refractivity contribution in [2.75, 3.05) is 0 Å². The lowest BCUT2D eigenvalue weighted by molar-refractivity contribution is 0.0907. The van der Waals surface area contributed by atoms with Gasteiger partial charge >= 0.3 is 0 Å². The summed E-state index contributed by atoms with van der Waals surface area (Å²) in [5, 5.41) is 0. The standard InChI is InChI=1S/C15H19BrO/c1-11-8-9-14(16)13(10-11)15(17)12-6-4-2-3-5-7-12/h8-10,12H,2-7H2,1H3. The highest BCUT2D eigenvalue weighted by atomic mass is 79.9. The maximum absolute atomic E-state index is 12.5. The molecule has 0 saturated heterocycles. The first-order valence-corrected chi connectivity index (χ1v) is 7.28. The van der Waals surface area contributed by atoms with E-state index in [9.17, 15) is 4.79 Å². The van der Waals surface area contributed by atoms with Crippen LogP contribution in [0.4, 0.5) is 0 Å². The van der Waals surface area contributed by atoms with Crippen LogP contribution in [0.3, 0.4) is 0 Å². The summed E-state index contributed by atoms with van der Waals surface area (Å²) in [6, 6.07) is 6.03. The van der Waals surface area contributed by atoms with Crippen molar-refractivity contribution in [1.82, 2.24) is 0 Å². The first-order chi connectivity index (χ1) is 8.18. The molecule has 1 aromatic rings. The smallest absolute Gasteiger partial charge is 0.167 e. The lowest BCUT2D eigenvalue weighted by Crippen LogP contribution is -2.14. The molecule has 1 saturated carbocycles. The van der Waals surface area contributed by atoms with Crippen LogP contribution in [0.1, 0.15) is 54.4 Å². The zero-order valence-corrected chi connectivity index (χ0v) is 11.9. The number of carbonyl (C=O) groups excluding carboxylic acids is 1. The van der Waals surface area contributed by atoms with Crippen LogP contribution < -0.4 is 0 Å². The number of ketones is 1. The Morgan fingerprint density at radius 3 is 2.47 bits per heavy atom. The summed E-state index contributed by atoms with van der Waals surface area (Å²) in [7, 11) is 0. The van der Waals surface area contributed by atoms with Crippen molar-refractivity contribution < 1.29 is 4.79 Å². The van der Waals surface area contributed by atoms with Gasteiger partial charge in [0.05, 0.1) is 0 Å². The largest absolute Gasteiger partial charge is 0.294 e. The topological polar surface area (TPSA) is 17.1 Å². The van der Waals surface area contributed by atoms with Crippen LogP contribution in [0.25, 0.3) is 0 Å². The highest BCUT2D eigenvalue weighted by molar-refractivity contribution is 9.10. The van der Waals surface area contributed by atoms with E-state index in [1.165, 1.54) is 25.7 Å². The quantitative estimate of drug-likeness (QED) is 0.559. The van der Waals surface area contributed by atoms with Gasteiger partial charge in [0.25, 0.3) is 0 Å². The molecule has 0 N–H and O–H groups in total. The van der Waals surface area contributed by atoms with Crippen LogP contribution >= 0.6 is 15.9 Å². The summed E-state index contributed by atoms with van der Waals surface area (Å²) >= 11 is 3.50. The van der Waals surface area contributed by atoms with Gasteiger partial charge in [-0.1, -0.05) is 53.2 Å². The summed E-state index contributed by atoms with van der Waals surface area (Å²) < 4.78 is 0.942. The molecule has 2 heteroatoms. The second kappa shape index (κ2) is 5.81. The molecular formula is C15H19BrO. The maximum Gasteiger partial charge on any atom is 0.167 e. The molecule has 0 radical (unpaired) electrons. The lowest BCUT2D eigenvalue weighted by atomic mass is 9.90. The molecule has 0 amide bonds. The summed E-state index contributed by atoms with van der Waals surface area (Å²) in [6.45, 7) is 2.04. The van der Waals surface area contributed by atoms with E-state index in [1.807, 2.05) is 25.1 Å². The molecule has 0 heterocycles. The van der Waals surface area contributed by atoms with Gasteiger partial charge in [0.1, 0.15) is 0 Å². The van der Waals surface area contributed by atoms with E-state index in [-0.39, 0.29) is 5.92 Å². The van der Waals surface area contributed by atoms with Crippen molar-refractivity contribution in [2.24, 2.45) is 5.92 Å². The third-order valence-electron chi connectivity index (χ3n) is 3.61. The fraction of sp³-hybridized carbons (Fsp3) is 0.533. The van der Waals surface area contributed by atoms with Crippen molar-refractivity contribution in [2.45, 2.75) is 45.4 Å². The highest BCUT2D eigenvalue weighted by Gasteiger charge is 2.22. The van der Waals surface area contributed by atoms with Crippen LogP contribution in [-0.4, -0.2) is 5.78 Å². The molecule has 1 aliphatic rings. The molecule has 2 rings (SSSR count). The van der Waals surface area contributed by atoms with Gasteiger partial charge < -0.3 is 0 Å². The normalized spacial score (nSPS) is 17.8. The molecule has 1 nitrogen and oxygen atoms in total. The first kappa shape index (κ1) is 12.8. The summed E-state index contributed by atoms with van der Waals surface area (Å²) in [4.78, 5) is 12.5. The Morgan fingerprint density at radius 1 is 1.18 bits per heavy atom. The third-order valence-corrected chi connectivity index (χ3v) is 4.30. The van der Waals surface area contributed by atoms with Gasteiger partial charge in [-0.25, -0.2) is 0 Å². The van der Waals surface area contributed by atoms with Crippen LogP contribution in [0, 0.1) is 12.8 Å². The Labute approximate surface area is 112 Å². The van der Waals surface area contributed by atoms with Crippen LogP contribution in [0.2, 0.25) is 0 Å². The predicted octanol–water partition coefficient (Wildman–Crippen LogP) is 4.91. The molecule has 1 aliphatic carbocycles. The first-order valence-electron chi connectivity index (χ1n) is 6.49. The molecule has 17 heavy (non-hydrogen) atoms. The van der Waals surface area contributed by atoms with Crippen molar-refractivity contribution in [1.29, 1.82) is 0 Å². The van der Waals surface area contributed by atoms with Gasteiger partial charge in [-0.2, -0.15) is 0 Å². The van der Waals surface area contributed by atoms with Crippen LogP contribution in [0.15, 0.2) is 22.7 Å². The number of aryl methyl sites for hydroxylation is 1. The second-order valence-corrected chi connectivity index (χ2v) is 5.89. The Balaban J connectivity index is 2.20. The molecule has 0 bridgehead atoms. The minimum absolute atomic E-state index is 0.246. The molecule has 0 unspecified atom stereocenters. The van der Waals surface area contributed by atoms with Crippen molar-refractivity contribution in [3.8, 4) is 0 Å². The number of halogens is 1. The maximum atomic E-state index is 12.5. The number of carbonyl (C=O) groups is 1. The summed E-state index contributed by atoms with van der Waals surface area (Å²) in [6.07, 6.45) is 7.13. The van der Waals surface area contributed by atoms with E-state index in [0.717, 1.165) is 28.4 Å². The highest BCUT2D eigenvalue weighted by Crippen LogP contribution is 2.29. The SMILES string of the molecule is Cc1ccc(Br)c(C(=O)C2CCCCCC2)c1. The fourth-order valence-electron chi connectivity index (χ4n) is 2.59. The summed E-state index contributed by atoms with van der Waals surface area (Å²) in [5.41, 5.74) is 2.03. The average Bonchev–Trinajstić information content (AvgIpc) is 2.60. The van der Waals surface area contributed by atoms with Crippen LogP contribution in [-0.2, 0) is 0 Å². The van der Waals surface area contributed by atoms with Crippen molar-refractivity contribution in [3.05, 3.63) is 33.8 Å². The molecular weight excluding hydrogens is 276 g/mol. The van der Waals surface area contributed by atoms with Gasteiger partial charge in [-0.3, -0.25) is 4.79 Å². The number of rotatable bonds is 2. The second-order valence-electron chi connectivity index (χ2n) is 5.04. The van der Waals surface area contributed by atoms with E-state index < -0.39 is 0 Å². The van der Waals surface area contributed by atoms with Crippen molar-refractivity contribution in [3.63, 3.8) is 0 Å². The van der Waals surface area contributed by atoms with Gasteiger partial charge in [0.2, 0.25) is 0 Å².